The number of ether oxygens (including phenoxy) is 1. The molecule has 23 heavy (non-hydrogen) atoms. The van der Waals surface area contributed by atoms with E-state index in [0.717, 1.165) is 22.9 Å². The van der Waals surface area contributed by atoms with Gasteiger partial charge in [-0.05, 0) is 30.5 Å². The normalized spacial score (nSPS) is 9.22. The van der Waals surface area contributed by atoms with Gasteiger partial charge in [-0.1, -0.05) is 46.8 Å². The van der Waals surface area contributed by atoms with Crippen molar-refractivity contribution in [3.8, 4) is 5.75 Å². The maximum Gasteiger partial charge on any atom is 0.414 e. The molecule has 2 aromatic rings. The van der Waals surface area contributed by atoms with Crippen molar-refractivity contribution in [2.24, 2.45) is 0 Å². The van der Waals surface area contributed by atoms with Crippen LogP contribution in [0.5, 0.6) is 5.75 Å². The van der Waals surface area contributed by atoms with Crippen LogP contribution in [-0.4, -0.2) is 30.1 Å². The van der Waals surface area contributed by atoms with E-state index in [-0.39, 0.29) is 6.09 Å². The molecule has 0 fully saturated rings. The second-order valence-corrected chi connectivity index (χ2v) is 4.70. The monoisotopic (exact) mass is 318 g/mol. The van der Waals surface area contributed by atoms with Gasteiger partial charge in [0.1, 0.15) is 5.52 Å². The number of hydrogen-bond donors (Lipinski definition) is 0. The molecule has 1 amide bonds. The number of carbonyl (C=O) groups excluding carboxylic acids is 1. The lowest BCUT2D eigenvalue weighted by Crippen LogP contribution is -2.25. The molecule has 4 heteroatoms. The summed E-state index contributed by atoms with van der Waals surface area (Å²) >= 11 is 0. The summed E-state index contributed by atoms with van der Waals surface area (Å²) in [5.74, 6) is 0.548. The quantitative estimate of drug-likeness (QED) is 0.762. The summed E-state index contributed by atoms with van der Waals surface area (Å²) in [4.78, 5) is 17.5. The largest absolute Gasteiger partial charge is 0.414 e. The Morgan fingerprint density at radius 3 is 2.35 bits per heavy atom. The van der Waals surface area contributed by atoms with Crippen molar-refractivity contribution in [3.05, 3.63) is 35.5 Å². The number of hydrogen-bond acceptors (Lipinski definition) is 3. The van der Waals surface area contributed by atoms with Crippen LogP contribution in [0, 0.1) is 6.92 Å². The highest BCUT2D eigenvalue weighted by molar-refractivity contribution is 5.90. The van der Waals surface area contributed by atoms with Crippen molar-refractivity contribution in [3.63, 3.8) is 0 Å². The fourth-order valence-electron chi connectivity index (χ4n) is 2.04. The molecule has 0 atom stereocenters. The van der Waals surface area contributed by atoms with Gasteiger partial charge >= 0.3 is 6.09 Å². The number of aromatic nitrogens is 1. The van der Waals surface area contributed by atoms with Gasteiger partial charge in [0.15, 0.2) is 5.75 Å². The molecule has 0 aliphatic carbocycles. The highest BCUT2D eigenvalue weighted by Crippen LogP contribution is 2.31. The zero-order chi connectivity index (χ0) is 18.0. The van der Waals surface area contributed by atoms with E-state index >= 15 is 0 Å². The van der Waals surface area contributed by atoms with E-state index in [2.05, 4.69) is 18.0 Å². The minimum Gasteiger partial charge on any atom is -0.408 e. The molecule has 0 unspecified atom stereocenters. The molecule has 128 valence electrons. The Kier molecular flexibility index (Phi) is 9.63. The predicted octanol–water partition coefficient (Wildman–Crippen LogP) is 5.22. The van der Waals surface area contributed by atoms with Gasteiger partial charge < -0.3 is 9.64 Å². The van der Waals surface area contributed by atoms with E-state index in [1.807, 2.05) is 46.8 Å². The molecule has 0 bridgehead atoms. The van der Waals surface area contributed by atoms with Crippen LogP contribution < -0.4 is 4.74 Å². The predicted molar refractivity (Wildman–Crippen MR) is 98.3 cm³/mol. The lowest BCUT2D eigenvalue weighted by atomic mass is 10.0. The number of aryl methyl sites for hydroxylation is 2. The molecule has 0 aliphatic heterocycles. The van der Waals surface area contributed by atoms with Gasteiger partial charge in [-0.2, -0.15) is 0 Å². The van der Waals surface area contributed by atoms with Crippen molar-refractivity contribution >= 4 is 17.0 Å². The van der Waals surface area contributed by atoms with Gasteiger partial charge in [0, 0.05) is 25.7 Å². The Morgan fingerprint density at radius 2 is 1.83 bits per heavy atom. The number of amides is 1. The fraction of sp³-hybridized carbons (Fsp3) is 0.474. The fourth-order valence-corrected chi connectivity index (χ4v) is 2.04. The number of rotatable bonds is 2. The topological polar surface area (TPSA) is 42.4 Å². The van der Waals surface area contributed by atoms with Crippen LogP contribution in [-0.2, 0) is 6.42 Å². The highest BCUT2D eigenvalue weighted by atomic mass is 16.6. The number of carbonyl (C=O) groups is 1. The van der Waals surface area contributed by atoms with Crippen LogP contribution >= 0.6 is 0 Å². The number of pyridine rings is 1. The van der Waals surface area contributed by atoms with E-state index in [0.29, 0.717) is 5.75 Å². The number of fused-ring (bicyclic) bond motifs is 1. The zero-order valence-corrected chi connectivity index (χ0v) is 15.7. The molecule has 1 aromatic heterocycles. The van der Waals surface area contributed by atoms with Crippen molar-refractivity contribution in [1.29, 1.82) is 0 Å². The lowest BCUT2D eigenvalue weighted by molar-refractivity contribution is 0.172. The molecule has 0 saturated heterocycles. The molecule has 0 aliphatic rings. The van der Waals surface area contributed by atoms with Gasteiger partial charge in [0.05, 0.1) is 0 Å². The Bertz CT molecular complexity index is 622. The summed E-state index contributed by atoms with van der Waals surface area (Å²) in [6.07, 6.45) is 2.25. The first kappa shape index (κ1) is 20.9. The summed E-state index contributed by atoms with van der Waals surface area (Å²) in [5.41, 5.74) is 2.89. The third kappa shape index (κ3) is 5.23. The molecule has 0 saturated carbocycles. The Hall–Kier alpha value is -2.10. The maximum absolute atomic E-state index is 11.7. The molecule has 1 heterocycles. The number of nitrogens with zero attached hydrogens (tertiary/aromatic N) is 2. The molecular weight excluding hydrogens is 288 g/mol. The third-order valence-electron chi connectivity index (χ3n) is 3.05. The average Bonchev–Trinajstić information content (AvgIpc) is 2.60. The Labute approximate surface area is 140 Å². The van der Waals surface area contributed by atoms with Crippen molar-refractivity contribution in [1.82, 2.24) is 9.88 Å². The van der Waals surface area contributed by atoms with E-state index in [9.17, 15) is 4.79 Å². The zero-order valence-electron chi connectivity index (χ0n) is 15.7. The smallest absolute Gasteiger partial charge is 0.408 e. The summed E-state index contributed by atoms with van der Waals surface area (Å²) in [6.45, 7) is 12.0. The summed E-state index contributed by atoms with van der Waals surface area (Å²) in [6, 6.07) is 5.96. The molecule has 0 N–H and O–H groups in total. The van der Waals surface area contributed by atoms with Crippen molar-refractivity contribution in [2.75, 3.05) is 14.1 Å². The van der Waals surface area contributed by atoms with E-state index < -0.39 is 0 Å². The first-order chi connectivity index (χ1) is 11.0. The third-order valence-corrected chi connectivity index (χ3v) is 3.05. The van der Waals surface area contributed by atoms with Gasteiger partial charge in [-0.15, -0.1) is 0 Å². The van der Waals surface area contributed by atoms with Gasteiger partial charge in [-0.3, -0.25) is 4.98 Å². The highest BCUT2D eigenvalue weighted by Gasteiger charge is 2.15. The van der Waals surface area contributed by atoms with Gasteiger partial charge in [0.25, 0.3) is 0 Å². The molecule has 0 spiro atoms. The number of benzene rings is 1. The van der Waals surface area contributed by atoms with E-state index in [4.69, 9.17) is 4.74 Å². The van der Waals surface area contributed by atoms with Crippen LogP contribution in [0.15, 0.2) is 24.4 Å². The van der Waals surface area contributed by atoms with E-state index in [1.54, 1.807) is 20.3 Å². The molecule has 1 aromatic carbocycles. The van der Waals surface area contributed by atoms with Gasteiger partial charge in [0.2, 0.25) is 0 Å². The van der Waals surface area contributed by atoms with Crippen LogP contribution in [0.4, 0.5) is 4.79 Å². The summed E-state index contributed by atoms with van der Waals surface area (Å²) < 4.78 is 5.44. The Balaban J connectivity index is 0.00000112. The SMILES string of the molecule is CC.CC.CCc1cc(C)c(OC(=O)N(C)C)c2ncccc12. The summed E-state index contributed by atoms with van der Waals surface area (Å²) in [7, 11) is 3.32. The van der Waals surface area contributed by atoms with E-state index in [1.165, 1.54) is 10.5 Å². The maximum atomic E-state index is 11.7. The molecule has 2 rings (SSSR count). The van der Waals surface area contributed by atoms with Crippen molar-refractivity contribution < 1.29 is 9.53 Å². The van der Waals surface area contributed by atoms with Crippen molar-refractivity contribution in [2.45, 2.75) is 48.0 Å². The summed E-state index contributed by atoms with van der Waals surface area (Å²) in [5, 5.41) is 1.04. The first-order valence-corrected chi connectivity index (χ1v) is 8.31. The minimum atomic E-state index is -0.390. The van der Waals surface area contributed by atoms with Crippen LogP contribution in [0.25, 0.3) is 10.9 Å². The van der Waals surface area contributed by atoms with Crippen LogP contribution in [0.1, 0.15) is 45.7 Å². The van der Waals surface area contributed by atoms with Crippen LogP contribution in [0.3, 0.4) is 0 Å². The Morgan fingerprint density at radius 1 is 1.22 bits per heavy atom. The second-order valence-electron chi connectivity index (χ2n) is 4.70. The molecule has 0 radical (unpaired) electrons. The molecular formula is C19H30N2O2. The van der Waals surface area contributed by atoms with Crippen LogP contribution in [0.2, 0.25) is 0 Å². The van der Waals surface area contributed by atoms with Gasteiger partial charge in [-0.25, -0.2) is 4.79 Å². The second kappa shape index (κ2) is 10.6. The average molecular weight is 318 g/mol. The standard InChI is InChI=1S/C15H18N2O2.2C2H6/c1-5-11-9-10(2)14(19-15(18)17(3)4)13-12(11)7-6-8-16-13;2*1-2/h6-9H,5H2,1-4H3;2*1-2H3. The first-order valence-electron chi connectivity index (χ1n) is 8.31. The minimum absolute atomic E-state index is 0.390. The lowest BCUT2D eigenvalue weighted by Gasteiger charge is -2.15. The molecule has 4 nitrogen and oxygen atoms in total.